The van der Waals surface area contributed by atoms with Gasteiger partial charge in [0, 0.05) is 35.0 Å². The van der Waals surface area contributed by atoms with E-state index in [1.807, 2.05) is 24.3 Å². The molecule has 0 aliphatic carbocycles. The quantitative estimate of drug-likeness (QED) is 0.0957. The Morgan fingerprint density at radius 3 is 2.05 bits per heavy atom. The van der Waals surface area contributed by atoms with Crippen molar-refractivity contribution >= 4 is 46.2 Å². The van der Waals surface area contributed by atoms with Gasteiger partial charge in [0.25, 0.3) is 5.91 Å². The van der Waals surface area contributed by atoms with Crippen LogP contribution in [0.4, 0.5) is 0 Å². The van der Waals surface area contributed by atoms with Gasteiger partial charge < -0.3 is 9.47 Å². The second-order valence-corrected chi connectivity index (χ2v) is 12.5. The molecule has 44 heavy (non-hydrogen) atoms. The van der Waals surface area contributed by atoms with Gasteiger partial charge in [0.1, 0.15) is 5.25 Å². The van der Waals surface area contributed by atoms with Crippen LogP contribution in [0.3, 0.4) is 0 Å². The highest BCUT2D eigenvalue weighted by atomic mass is 35.5. The minimum Gasteiger partial charge on any atom is -0.424 e. The molecule has 0 spiro atoms. The van der Waals surface area contributed by atoms with Crippen molar-refractivity contribution in [3.8, 4) is 0 Å². The predicted molar refractivity (Wildman–Crippen MR) is 167 cm³/mol. The molecule has 0 radical (unpaired) electrons. The number of esters is 2. The van der Waals surface area contributed by atoms with Gasteiger partial charge in [0.15, 0.2) is 0 Å². The highest BCUT2D eigenvalue weighted by Gasteiger charge is 2.44. The molecule has 1 aliphatic heterocycles. The second-order valence-electron chi connectivity index (χ2n) is 10.4. The number of hydrogen-bond donors (Lipinski definition) is 0. The zero-order chi connectivity index (χ0) is 31.5. The average Bonchev–Trinajstić information content (AvgIpc) is 3.02. The van der Waals surface area contributed by atoms with E-state index in [0.717, 1.165) is 37.1 Å². The maximum Gasteiger partial charge on any atom is 0.340 e. The molecule has 0 bridgehead atoms. The maximum atomic E-state index is 13.0. The van der Waals surface area contributed by atoms with Crippen LogP contribution in [-0.2, 0) is 42.0 Å². The summed E-state index contributed by atoms with van der Waals surface area (Å²) in [5.74, 6) is -1.70. The lowest BCUT2D eigenvalue weighted by Crippen LogP contribution is -2.65. The van der Waals surface area contributed by atoms with Gasteiger partial charge in [0.2, 0.25) is 12.7 Å². The van der Waals surface area contributed by atoms with Crippen LogP contribution in [0.2, 0.25) is 5.02 Å². The highest BCUT2D eigenvalue weighted by molar-refractivity contribution is 7.85. The molecule has 2 unspecified atom stereocenters. The third-order valence-electron chi connectivity index (χ3n) is 7.23. The summed E-state index contributed by atoms with van der Waals surface area (Å²) in [7, 11) is -1.50. The van der Waals surface area contributed by atoms with Gasteiger partial charge in [-0.15, -0.1) is 0 Å². The van der Waals surface area contributed by atoms with Crippen molar-refractivity contribution in [1.29, 1.82) is 0 Å². The van der Waals surface area contributed by atoms with E-state index in [2.05, 4.69) is 0 Å². The van der Waals surface area contributed by atoms with Crippen molar-refractivity contribution in [2.75, 3.05) is 19.9 Å². The largest absolute Gasteiger partial charge is 0.424 e. The number of aryl methyl sites for hydroxylation is 1. The fraction of sp³-hybridized carbons (Fsp3) is 0.333. The monoisotopic (exact) mass is 638 g/mol. The number of unbranched alkanes of at least 4 members (excludes halogenated alkanes) is 3. The molecule has 1 saturated heterocycles. The van der Waals surface area contributed by atoms with Crippen LogP contribution in [0.1, 0.15) is 64.4 Å². The number of benzene rings is 3. The molecular formula is C33H35ClN2O7S. The lowest BCUT2D eigenvalue weighted by atomic mass is 10.1. The number of hydrazine groups is 1. The lowest BCUT2D eigenvalue weighted by molar-refractivity contribution is -0.173. The van der Waals surface area contributed by atoms with E-state index in [9.17, 15) is 23.4 Å². The zero-order valence-corrected chi connectivity index (χ0v) is 26.1. The van der Waals surface area contributed by atoms with Crippen LogP contribution >= 0.6 is 11.6 Å². The van der Waals surface area contributed by atoms with Gasteiger partial charge in [0.05, 0.1) is 17.7 Å². The minimum absolute atomic E-state index is 0.127. The van der Waals surface area contributed by atoms with E-state index < -0.39 is 34.8 Å². The normalized spacial score (nSPS) is 14.8. The third-order valence-corrected chi connectivity index (χ3v) is 9.08. The minimum atomic E-state index is -1.50. The molecule has 9 nitrogen and oxygen atoms in total. The SMILES string of the molecule is CC(=O)N(CCCCCCc1ccc(Cl)cc1)N1CC(S(=O)Cc2ccc(C(=O)OCOC(=O)c3ccccc3)cc2)C1=O. The standard InChI is InChI=1S/C33H35ClN2O7S/c1-24(37)35(20-8-3-2-5-9-25-14-18-29(34)19-15-25)36-21-30(31(36)38)44(41)22-26-12-16-28(17-13-26)33(40)43-23-42-32(39)27-10-6-4-7-11-27/h4,6-7,10-19,30H,2-3,5,8-9,20-23H2,1H3. The molecule has 0 saturated carbocycles. The molecule has 0 N–H and O–H groups in total. The number of rotatable bonds is 15. The Labute approximate surface area is 264 Å². The first-order chi connectivity index (χ1) is 21.2. The maximum absolute atomic E-state index is 13.0. The summed E-state index contributed by atoms with van der Waals surface area (Å²) >= 11 is 5.93. The number of carbonyl (C=O) groups excluding carboxylic acids is 4. The average molecular weight is 639 g/mol. The van der Waals surface area contributed by atoms with Crippen molar-refractivity contribution < 1.29 is 32.9 Å². The summed E-state index contributed by atoms with van der Waals surface area (Å²) in [6.45, 7) is 1.55. The van der Waals surface area contributed by atoms with Crippen molar-refractivity contribution in [3.63, 3.8) is 0 Å². The van der Waals surface area contributed by atoms with Crippen LogP contribution < -0.4 is 0 Å². The van der Waals surface area contributed by atoms with Crippen LogP contribution in [-0.4, -0.2) is 63.1 Å². The van der Waals surface area contributed by atoms with E-state index in [4.69, 9.17) is 21.1 Å². The number of hydrogen-bond acceptors (Lipinski definition) is 7. The summed E-state index contributed by atoms with van der Waals surface area (Å²) in [6.07, 6.45) is 4.69. The smallest absolute Gasteiger partial charge is 0.340 e. The van der Waals surface area contributed by atoms with Gasteiger partial charge >= 0.3 is 11.9 Å². The number of amides is 2. The zero-order valence-electron chi connectivity index (χ0n) is 24.5. The topological polar surface area (TPSA) is 110 Å². The van der Waals surface area contributed by atoms with Gasteiger partial charge in [-0.05, 0) is 66.8 Å². The Balaban J connectivity index is 1.16. The Bertz CT molecular complexity index is 1470. The third kappa shape index (κ3) is 9.24. The van der Waals surface area contributed by atoms with Crippen LogP contribution in [0, 0.1) is 0 Å². The molecule has 1 aliphatic rings. The predicted octanol–water partition coefficient (Wildman–Crippen LogP) is 5.34. The van der Waals surface area contributed by atoms with Crippen molar-refractivity contribution in [1.82, 2.24) is 10.0 Å². The summed E-state index contributed by atoms with van der Waals surface area (Å²) in [5.41, 5.74) is 2.51. The van der Waals surface area contributed by atoms with E-state index >= 15 is 0 Å². The molecule has 3 aromatic carbocycles. The number of ether oxygens (including phenoxy) is 2. The Hall–Kier alpha value is -4.02. The van der Waals surface area contributed by atoms with E-state index in [-0.39, 0.29) is 29.7 Å². The van der Waals surface area contributed by atoms with Crippen molar-refractivity contribution in [2.45, 2.75) is 50.0 Å². The molecule has 2 amide bonds. The van der Waals surface area contributed by atoms with Crippen molar-refractivity contribution in [3.05, 3.63) is 106 Å². The molecule has 1 fully saturated rings. The van der Waals surface area contributed by atoms with E-state index in [1.165, 1.54) is 34.6 Å². The van der Waals surface area contributed by atoms with E-state index in [0.29, 0.717) is 17.7 Å². The fourth-order valence-electron chi connectivity index (χ4n) is 4.71. The first-order valence-electron chi connectivity index (χ1n) is 14.4. The lowest BCUT2D eigenvalue weighted by Gasteiger charge is -2.44. The summed E-state index contributed by atoms with van der Waals surface area (Å²) in [6, 6.07) is 22.5. The number of β-lactam (4-membered cyclic amide) rings is 1. The molecule has 2 atom stereocenters. The Kier molecular flexibility index (Phi) is 12.1. The van der Waals surface area contributed by atoms with Crippen LogP contribution in [0.15, 0.2) is 78.9 Å². The number of nitrogens with zero attached hydrogens (tertiary/aromatic N) is 2. The molecule has 4 rings (SSSR count). The van der Waals surface area contributed by atoms with Crippen molar-refractivity contribution in [2.24, 2.45) is 0 Å². The Morgan fingerprint density at radius 1 is 0.841 bits per heavy atom. The van der Waals surface area contributed by atoms with Gasteiger partial charge in [-0.25, -0.2) is 14.6 Å². The van der Waals surface area contributed by atoms with Crippen LogP contribution in [0.5, 0.6) is 0 Å². The summed E-state index contributed by atoms with van der Waals surface area (Å²) < 4.78 is 22.9. The van der Waals surface area contributed by atoms with Crippen LogP contribution in [0.25, 0.3) is 0 Å². The molecule has 232 valence electrons. The molecule has 0 aromatic heterocycles. The highest BCUT2D eigenvalue weighted by Crippen LogP contribution is 2.22. The van der Waals surface area contributed by atoms with Gasteiger partial charge in [-0.3, -0.25) is 18.8 Å². The molecule has 11 heteroatoms. The van der Waals surface area contributed by atoms with Gasteiger partial charge in [-0.1, -0.05) is 66.9 Å². The molecule has 3 aromatic rings. The second kappa shape index (κ2) is 16.2. The fourth-order valence-corrected chi connectivity index (χ4v) is 6.22. The Morgan fingerprint density at radius 2 is 1.43 bits per heavy atom. The number of carbonyl (C=O) groups is 4. The molecule has 1 heterocycles. The van der Waals surface area contributed by atoms with Gasteiger partial charge in [-0.2, -0.15) is 0 Å². The first kappa shape index (κ1) is 32.9. The number of halogens is 1. The first-order valence-corrected chi connectivity index (χ1v) is 16.2. The van der Waals surface area contributed by atoms with E-state index in [1.54, 1.807) is 42.5 Å². The summed E-state index contributed by atoms with van der Waals surface area (Å²) in [4.78, 5) is 49.4. The summed E-state index contributed by atoms with van der Waals surface area (Å²) in [5, 5.41) is 2.87. The molecular weight excluding hydrogens is 604 g/mol.